The average molecular weight is 221 g/mol. The van der Waals surface area contributed by atoms with Crippen molar-refractivity contribution in [3.63, 3.8) is 0 Å². The maximum absolute atomic E-state index is 11.5. The Labute approximate surface area is 94.0 Å². The van der Waals surface area contributed by atoms with Gasteiger partial charge in [0, 0.05) is 30.7 Å². The smallest absolute Gasteiger partial charge is 0.158 e. The first-order valence-electron chi connectivity index (χ1n) is 5.41. The third kappa shape index (κ3) is 2.52. The highest BCUT2D eigenvalue weighted by Crippen LogP contribution is 2.30. The Morgan fingerprint density at radius 2 is 2.38 bits per heavy atom. The van der Waals surface area contributed by atoms with Gasteiger partial charge >= 0.3 is 0 Å². The number of nitrogens with one attached hydrogen (secondary N) is 1. The standard InChI is InChI=1S/C12H15NO3/c14-4-3-13-10-6-9(7-11(15)8-10)12-2-1-5-16-12/h1-2,5,8-9,13-14H,3-4,6-7H2. The topological polar surface area (TPSA) is 62.5 Å². The maximum Gasteiger partial charge on any atom is 0.158 e. The Bertz CT molecular complexity index is 381. The van der Waals surface area contributed by atoms with E-state index in [1.165, 1.54) is 0 Å². The summed E-state index contributed by atoms with van der Waals surface area (Å²) in [7, 11) is 0. The highest BCUT2D eigenvalue weighted by atomic mass is 16.3. The molecule has 1 heterocycles. The van der Waals surface area contributed by atoms with Gasteiger partial charge in [0.15, 0.2) is 5.78 Å². The van der Waals surface area contributed by atoms with E-state index in [9.17, 15) is 4.79 Å². The van der Waals surface area contributed by atoms with Crippen molar-refractivity contribution in [2.24, 2.45) is 0 Å². The fourth-order valence-corrected chi connectivity index (χ4v) is 1.96. The Morgan fingerprint density at radius 3 is 3.06 bits per heavy atom. The van der Waals surface area contributed by atoms with Crippen LogP contribution in [0.5, 0.6) is 0 Å². The van der Waals surface area contributed by atoms with E-state index in [1.54, 1.807) is 12.3 Å². The summed E-state index contributed by atoms with van der Waals surface area (Å²) in [4.78, 5) is 11.5. The number of rotatable bonds is 4. The minimum atomic E-state index is 0.0664. The molecule has 0 aliphatic heterocycles. The zero-order valence-corrected chi connectivity index (χ0v) is 8.98. The molecule has 1 unspecified atom stereocenters. The van der Waals surface area contributed by atoms with Crippen molar-refractivity contribution in [1.29, 1.82) is 0 Å². The van der Waals surface area contributed by atoms with Gasteiger partial charge in [-0.05, 0) is 18.6 Å². The van der Waals surface area contributed by atoms with Gasteiger partial charge in [0.2, 0.25) is 0 Å². The third-order valence-electron chi connectivity index (χ3n) is 2.66. The summed E-state index contributed by atoms with van der Waals surface area (Å²) in [6.45, 7) is 0.543. The zero-order valence-electron chi connectivity index (χ0n) is 8.98. The molecule has 0 saturated heterocycles. The molecule has 0 saturated carbocycles. The molecule has 86 valence electrons. The first-order chi connectivity index (χ1) is 7.79. The summed E-state index contributed by atoms with van der Waals surface area (Å²) in [5.41, 5.74) is 0.881. The number of carbonyl (C=O) groups excluding carboxylic acids is 1. The molecule has 1 atom stereocenters. The van der Waals surface area contributed by atoms with E-state index in [4.69, 9.17) is 9.52 Å². The first kappa shape index (κ1) is 11.0. The molecule has 0 bridgehead atoms. The van der Waals surface area contributed by atoms with Crippen LogP contribution in [-0.2, 0) is 4.79 Å². The summed E-state index contributed by atoms with van der Waals surface area (Å²) in [5, 5.41) is 11.8. The minimum absolute atomic E-state index is 0.0664. The van der Waals surface area contributed by atoms with Gasteiger partial charge in [-0.15, -0.1) is 0 Å². The number of allylic oxidation sites excluding steroid dienone is 2. The second-order valence-corrected chi connectivity index (χ2v) is 3.91. The van der Waals surface area contributed by atoms with Gasteiger partial charge in [-0.25, -0.2) is 0 Å². The van der Waals surface area contributed by atoms with Crippen molar-refractivity contribution in [2.45, 2.75) is 18.8 Å². The van der Waals surface area contributed by atoms with Crippen molar-refractivity contribution >= 4 is 5.78 Å². The molecule has 1 aromatic rings. The van der Waals surface area contributed by atoms with E-state index in [0.29, 0.717) is 13.0 Å². The van der Waals surface area contributed by atoms with Crippen LogP contribution < -0.4 is 5.32 Å². The highest BCUT2D eigenvalue weighted by molar-refractivity contribution is 5.91. The van der Waals surface area contributed by atoms with E-state index >= 15 is 0 Å². The number of aliphatic hydroxyl groups is 1. The van der Waals surface area contributed by atoms with E-state index in [2.05, 4.69) is 5.32 Å². The van der Waals surface area contributed by atoms with Crippen molar-refractivity contribution < 1.29 is 14.3 Å². The molecule has 4 nitrogen and oxygen atoms in total. The molecule has 16 heavy (non-hydrogen) atoms. The summed E-state index contributed by atoms with van der Waals surface area (Å²) < 4.78 is 5.32. The van der Waals surface area contributed by atoms with Crippen LogP contribution in [0.15, 0.2) is 34.6 Å². The van der Waals surface area contributed by atoms with Crippen LogP contribution in [0, 0.1) is 0 Å². The Morgan fingerprint density at radius 1 is 1.50 bits per heavy atom. The van der Waals surface area contributed by atoms with E-state index in [0.717, 1.165) is 17.9 Å². The molecular weight excluding hydrogens is 206 g/mol. The van der Waals surface area contributed by atoms with E-state index in [-0.39, 0.29) is 18.3 Å². The van der Waals surface area contributed by atoms with Crippen LogP contribution >= 0.6 is 0 Å². The van der Waals surface area contributed by atoms with Crippen LogP contribution in [0.4, 0.5) is 0 Å². The number of ketones is 1. The molecule has 0 spiro atoms. The number of aliphatic hydroxyl groups excluding tert-OH is 1. The molecule has 1 aliphatic rings. The molecule has 1 aliphatic carbocycles. The average Bonchev–Trinajstić information content (AvgIpc) is 2.79. The normalized spacial score (nSPS) is 20.7. The van der Waals surface area contributed by atoms with Crippen molar-refractivity contribution in [3.05, 3.63) is 35.9 Å². The van der Waals surface area contributed by atoms with Crippen LogP contribution in [0.3, 0.4) is 0 Å². The highest BCUT2D eigenvalue weighted by Gasteiger charge is 2.23. The minimum Gasteiger partial charge on any atom is -0.469 e. The van der Waals surface area contributed by atoms with E-state index in [1.807, 2.05) is 12.1 Å². The third-order valence-corrected chi connectivity index (χ3v) is 2.66. The fourth-order valence-electron chi connectivity index (χ4n) is 1.96. The molecule has 1 aromatic heterocycles. The second kappa shape index (κ2) is 4.99. The van der Waals surface area contributed by atoms with Crippen LogP contribution in [0.1, 0.15) is 24.5 Å². The molecule has 2 rings (SSSR count). The summed E-state index contributed by atoms with van der Waals surface area (Å²) in [5.74, 6) is 1.08. The Hall–Kier alpha value is -1.55. The number of hydrogen-bond acceptors (Lipinski definition) is 4. The van der Waals surface area contributed by atoms with Gasteiger partial charge in [0.25, 0.3) is 0 Å². The van der Waals surface area contributed by atoms with Gasteiger partial charge in [-0.2, -0.15) is 0 Å². The van der Waals surface area contributed by atoms with Gasteiger partial charge in [-0.1, -0.05) is 0 Å². The molecule has 4 heteroatoms. The van der Waals surface area contributed by atoms with Crippen molar-refractivity contribution in [2.75, 3.05) is 13.2 Å². The first-order valence-corrected chi connectivity index (χ1v) is 5.41. The van der Waals surface area contributed by atoms with Gasteiger partial charge < -0.3 is 14.8 Å². The molecular formula is C12H15NO3. The molecule has 0 fully saturated rings. The number of carbonyl (C=O) groups is 1. The lowest BCUT2D eigenvalue weighted by Crippen LogP contribution is -2.24. The van der Waals surface area contributed by atoms with Gasteiger partial charge in [0.05, 0.1) is 12.9 Å². The van der Waals surface area contributed by atoms with Crippen molar-refractivity contribution in [1.82, 2.24) is 5.32 Å². The van der Waals surface area contributed by atoms with Gasteiger partial charge in [-0.3, -0.25) is 4.79 Å². The van der Waals surface area contributed by atoms with Gasteiger partial charge in [0.1, 0.15) is 5.76 Å². The largest absolute Gasteiger partial charge is 0.469 e. The number of hydrogen-bond donors (Lipinski definition) is 2. The molecule has 0 radical (unpaired) electrons. The SMILES string of the molecule is O=C1C=C(NCCO)CC(c2ccco2)C1. The van der Waals surface area contributed by atoms with Crippen LogP contribution in [-0.4, -0.2) is 24.0 Å². The lowest BCUT2D eigenvalue weighted by molar-refractivity contribution is -0.115. The Balaban J connectivity index is 2.05. The lowest BCUT2D eigenvalue weighted by atomic mass is 9.89. The summed E-state index contributed by atoms with van der Waals surface area (Å²) >= 11 is 0. The van der Waals surface area contributed by atoms with E-state index < -0.39 is 0 Å². The van der Waals surface area contributed by atoms with Crippen LogP contribution in [0.2, 0.25) is 0 Å². The van der Waals surface area contributed by atoms with Crippen LogP contribution in [0.25, 0.3) is 0 Å². The zero-order chi connectivity index (χ0) is 11.4. The number of furan rings is 1. The predicted molar refractivity (Wildman–Crippen MR) is 58.9 cm³/mol. The molecule has 0 aromatic carbocycles. The fraction of sp³-hybridized carbons (Fsp3) is 0.417. The summed E-state index contributed by atoms with van der Waals surface area (Å²) in [6.07, 6.45) is 4.51. The van der Waals surface area contributed by atoms with Crippen molar-refractivity contribution in [3.8, 4) is 0 Å². The maximum atomic E-state index is 11.5. The Kier molecular flexibility index (Phi) is 3.41. The quantitative estimate of drug-likeness (QED) is 0.801. The molecule has 2 N–H and O–H groups in total. The monoisotopic (exact) mass is 221 g/mol. The summed E-state index contributed by atoms with van der Waals surface area (Å²) in [6, 6.07) is 3.73. The second-order valence-electron chi connectivity index (χ2n) is 3.91. The predicted octanol–water partition coefficient (Wildman–Crippen LogP) is 1.19. The lowest BCUT2D eigenvalue weighted by Gasteiger charge is -2.21. The molecule has 0 amide bonds.